The minimum absolute atomic E-state index is 0.0384. The number of nitrogens with zero attached hydrogens (tertiary/aromatic N) is 2. The molecule has 6 nitrogen and oxygen atoms in total. The van der Waals surface area contributed by atoms with Crippen LogP contribution in [-0.4, -0.2) is 40.4 Å². The number of halogens is 1. The molecule has 0 aliphatic carbocycles. The molecule has 0 atom stereocenters. The van der Waals surface area contributed by atoms with Crippen molar-refractivity contribution >= 4 is 27.7 Å². The number of carbonyl (C=O) groups is 1. The van der Waals surface area contributed by atoms with Gasteiger partial charge in [-0.05, 0) is 28.8 Å². The van der Waals surface area contributed by atoms with E-state index >= 15 is 0 Å². The molecule has 1 saturated heterocycles. The molecule has 0 saturated carbocycles. The Hall–Kier alpha value is -1.37. The van der Waals surface area contributed by atoms with E-state index in [1.807, 2.05) is 4.90 Å². The molecule has 0 radical (unpaired) electrons. The molecule has 1 fully saturated rings. The van der Waals surface area contributed by atoms with E-state index in [1.165, 1.54) is 6.33 Å². The molecule has 1 aromatic rings. The van der Waals surface area contributed by atoms with E-state index in [0.29, 0.717) is 10.3 Å². The van der Waals surface area contributed by atoms with Crippen molar-refractivity contribution in [2.75, 3.05) is 25.0 Å². The molecule has 0 unspecified atom stereocenters. The summed E-state index contributed by atoms with van der Waals surface area (Å²) in [5, 5.41) is 2.86. The Bertz CT molecular complexity index is 468. The summed E-state index contributed by atoms with van der Waals surface area (Å²) in [6.07, 6.45) is 3.44. The number of amides is 1. The van der Waals surface area contributed by atoms with Crippen LogP contribution in [0.1, 0.15) is 12.8 Å². The average molecular weight is 301 g/mol. The number of rotatable bonds is 3. The first-order valence-corrected chi connectivity index (χ1v) is 6.22. The van der Waals surface area contributed by atoms with Gasteiger partial charge in [-0.3, -0.25) is 9.59 Å². The van der Waals surface area contributed by atoms with E-state index in [-0.39, 0.29) is 18.0 Å². The summed E-state index contributed by atoms with van der Waals surface area (Å²) < 4.78 is 0.314. The van der Waals surface area contributed by atoms with Crippen molar-refractivity contribution in [1.29, 1.82) is 0 Å². The number of nitrogens with one attached hydrogen (secondary N) is 2. The quantitative estimate of drug-likeness (QED) is 0.855. The van der Waals surface area contributed by atoms with E-state index < -0.39 is 0 Å². The summed E-state index contributed by atoms with van der Waals surface area (Å²) in [5.41, 5.74) is -0.267. The summed E-state index contributed by atoms with van der Waals surface area (Å²) in [5.74, 6) is 0.428. The third kappa shape index (κ3) is 2.85. The van der Waals surface area contributed by atoms with E-state index in [9.17, 15) is 9.59 Å². The molecule has 1 aromatic heterocycles. The Morgan fingerprint density at radius 2 is 2.24 bits per heavy atom. The molecule has 2 heterocycles. The standard InChI is InChI=1S/C10H13BrN4O2/c11-8-9(13-6-14-10(8)17)12-5-7(16)15-3-1-2-4-15/h6H,1-5H2,(H2,12,13,14,17). The van der Waals surface area contributed by atoms with E-state index in [1.54, 1.807) is 0 Å². The van der Waals surface area contributed by atoms with Crippen LogP contribution in [0.4, 0.5) is 5.82 Å². The monoisotopic (exact) mass is 300 g/mol. The molecular weight excluding hydrogens is 288 g/mol. The number of hydrogen-bond donors (Lipinski definition) is 2. The van der Waals surface area contributed by atoms with Gasteiger partial charge in [0.05, 0.1) is 12.9 Å². The Kier molecular flexibility index (Phi) is 3.78. The third-order valence-electron chi connectivity index (χ3n) is 2.66. The van der Waals surface area contributed by atoms with Crippen molar-refractivity contribution in [3.63, 3.8) is 0 Å². The molecule has 1 aliphatic rings. The maximum Gasteiger partial charge on any atom is 0.267 e. The lowest BCUT2D eigenvalue weighted by Crippen LogP contribution is -2.33. The first kappa shape index (κ1) is 12.1. The highest BCUT2D eigenvalue weighted by atomic mass is 79.9. The molecule has 0 bridgehead atoms. The zero-order valence-corrected chi connectivity index (χ0v) is 10.8. The number of aromatic amines is 1. The Labute approximate surface area is 107 Å². The van der Waals surface area contributed by atoms with Crippen molar-refractivity contribution in [2.45, 2.75) is 12.8 Å². The largest absolute Gasteiger partial charge is 0.360 e. The van der Waals surface area contributed by atoms with Gasteiger partial charge in [-0.25, -0.2) is 4.98 Å². The molecule has 0 aromatic carbocycles. The summed E-state index contributed by atoms with van der Waals surface area (Å²) in [4.78, 5) is 31.2. The molecule has 92 valence electrons. The fourth-order valence-corrected chi connectivity index (χ4v) is 2.10. The predicted octanol–water partition coefficient (Wildman–Crippen LogP) is 0.567. The maximum atomic E-state index is 11.7. The second-order valence-corrected chi connectivity index (χ2v) is 4.63. The second kappa shape index (κ2) is 5.31. The van der Waals surface area contributed by atoms with Crippen molar-refractivity contribution in [3.8, 4) is 0 Å². The summed E-state index contributed by atoms with van der Waals surface area (Å²) in [6, 6.07) is 0. The summed E-state index contributed by atoms with van der Waals surface area (Å²) in [7, 11) is 0. The van der Waals surface area contributed by atoms with Gasteiger partial charge in [0.25, 0.3) is 5.56 Å². The number of hydrogen-bond acceptors (Lipinski definition) is 4. The molecule has 7 heteroatoms. The summed E-state index contributed by atoms with van der Waals surface area (Å²) in [6.45, 7) is 1.81. The van der Waals surface area contributed by atoms with Gasteiger partial charge in [-0.1, -0.05) is 0 Å². The maximum absolute atomic E-state index is 11.7. The van der Waals surface area contributed by atoms with Crippen LogP contribution in [0.3, 0.4) is 0 Å². The summed E-state index contributed by atoms with van der Waals surface area (Å²) >= 11 is 3.12. The smallest absolute Gasteiger partial charge is 0.267 e. The van der Waals surface area contributed by atoms with Crippen LogP contribution in [-0.2, 0) is 4.79 Å². The van der Waals surface area contributed by atoms with Gasteiger partial charge >= 0.3 is 0 Å². The van der Waals surface area contributed by atoms with Crippen LogP contribution in [0.2, 0.25) is 0 Å². The van der Waals surface area contributed by atoms with Crippen molar-refractivity contribution in [2.24, 2.45) is 0 Å². The van der Waals surface area contributed by atoms with Gasteiger partial charge in [-0.2, -0.15) is 0 Å². The van der Waals surface area contributed by atoms with Gasteiger partial charge in [0.2, 0.25) is 5.91 Å². The Morgan fingerprint density at radius 1 is 1.53 bits per heavy atom. The topological polar surface area (TPSA) is 78.1 Å². The highest BCUT2D eigenvalue weighted by Gasteiger charge is 2.17. The average Bonchev–Trinajstić information content (AvgIpc) is 2.84. The van der Waals surface area contributed by atoms with E-state index in [0.717, 1.165) is 25.9 Å². The van der Waals surface area contributed by atoms with Crippen LogP contribution in [0.25, 0.3) is 0 Å². The highest BCUT2D eigenvalue weighted by Crippen LogP contribution is 2.13. The molecule has 2 rings (SSSR count). The lowest BCUT2D eigenvalue weighted by atomic mass is 10.4. The molecular formula is C10H13BrN4O2. The van der Waals surface area contributed by atoms with Gasteiger partial charge < -0.3 is 15.2 Å². The molecule has 17 heavy (non-hydrogen) atoms. The van der Waals surface area contributed by atoms with Gasteiger partial charge in [0.15, 0.2) is 0 Å². The first-order valence-electron chi connectivity index (χ1n) is 5.43. The number of H-pyrrole nitrogens is 1. The molecule has 1 aliphatic heterocycles. The van der Waals surface area contributed by atoms with Crippen molar-refractivity contribution < 1.29 is 4.79 Å². The molecule has 0 spiro atoms. The normalized spacial score (nSPS) is 15.0. The van der Waals surface area contributed by atoms with E-state index in [4.69, 9.17) is 0 Å². The van der Waals surface area contributed by atoms with Gasteiger partial charge in [0.1, 0.15) is 10.3 Å². The highest BCUT2D eigenvalue weighted by molar-refractivity contribution is 9.10. The fourth-order valence-electron chi connectivity index (χ4n) is 1.74. The second-order valence-electron chi connectivity index (χ2n) is 3.84. The Balaban J connectivity index is 1.95. The minimum atomic E-state index is -0.267. The lowest BCUT2D eigenvalue weighted by Gasteiger charge is -2.15. The zero-order valence-electron chi connectivity index (χ0n) is 9.20. The van der Waals surface area contributed by atoms with Crippen molar-refractivity contribution in [1.82, 2.24) is 14.9 Å². The first-order chi connectivity index (χ1) is 8.18. The zero-order chi connectivity index (χ0) is 12.3. The SMILES string of the molecule is O=C(CNc1nc[nH]c(=O)c1Br)N1CCCC1. The van der Waals surface area contributed by atoms with Crippen LogP contribution in [0.15, 0.2) is 15.6 Å². The predicted molar refractivity (Wildman–Crippen MR) is 66.9 cm³/mol. The number of anilines is 1. The van der Waals surface area contributed by atoms with Crippen LogP contribution < -0.4 is 10.9 Å². The molecule has 1 amide bonds. The minimum Gasteiger partial charge on any atom is -0.360 e. The number of aromatic nitrogens is 2. The van der Waals surface area contributed by atoms with Gasteiger partial charge in [0, 0.05) is 13.1 Å². The Morgan fingerprint density at radius 3 is 2.94 bits per heavy atom. The van der Waals surface area contributed by atoms with E-state index in [2.05, 4.69) is 31.2 Å². The van der Waals surface area contributed by atoms with Crippen LogP contribution in [0.5, 0.6) is 0 Å². The fraction of sp³-hybridized carbons (Fsp3) is 0.500. The van der Waals surface area contributed by atoms with Crippen molar-refractivity contribution in [3.05, 3.63) is 21.2 Å². The van der Waals surface area contributed by atoms with Crippen LogP contribution >= 0.6 is 15.9 Å². The third-order valence-corrected chi connectivity index (χ3v) is 3.40. The number of carbonyl (C=O) groups excluding carboxylic acids is 1. The molecule has 2 N–H and O–H groups in total. The number of likely N-dealkylation sites (tertiary alicyclic amines) is 1. The van der Waals surface area contributed by atoms with Gasteiger partial charge in [-0.15, -0.1) is 0 Å². The van der Waals surface area contributed by atoms with Crippen LogP contribution in [0, 0.1) is 0 Å². The lowest BCUT2D eigenvalue weighted by molar-refractivity contribution is -0.128.